The van der Waals surface area contributed by atoms with E-state index < -0.39 is 5.57 Å². The number of ether oxygens (including phenoxy) is 2. The van der Waals surface area contributed by atoms with Gasteiger partial charge in [-0.3, -0.25) is 4.79 Å². The summed E-state index contributed by atoms with van der Waals surface area (Å²) in [7, 11) is 0. The van der Waals surface area contributed by atoms with E-state index in [1.807, 2.05) is 6.07 Å². The molecule has 7 nitrogen and oxygen atoms in total. The molecular formula is C22H21ClF2N4O3. The molecule has 1 amide bonds. The molecule has 1 aromatic heterocycles. The van der Waals surface area contributed by atoms with Crippen molar-refractivity contribution in [2.24, 2.45) is 0 Å². The Balaban J connectivity index is 1.46. The van der Waals surface area contributed by atoms with Gasteiger partial charge in [0.15, 0.2) is 0 Å². The van der Waals surface area contributed by atoms with Crippen LogP contribution in [0.4, 0.5) is 20.2 Å². The average Bonchev–Trinajstić information content (AvgIpc) is 3.07. The summed E-state index contributed by atoms with van der Waals surface area (Å²) in [4.78, 5) is 20.0. The smallest absolute Gasteiger partial charge is 0.420 e. The van der Waals surface area contributed by atoms with E-state index in [0.717, 1.165) is 42.1 Å². The lowest BCUT2D eigenvalue weighted by Gasteiger charge is -2.35. The van der Waals surface area contributed by atoms with Gasteiger partial charge in [0.2, 0.25) is 0 Å². The van der Waals surface area contributed by atoms with Gasteiger partial charge in [-0.05, 0) is 49.7 Å². The number of carbonyl (C=O) groups excluding carboxylic acids is 1. The SMILES string of the molecule is C[C@@H]1COCc2nc3cc(C(=O)Nc4ccc(OC(F)(F)Cl)cc4)cc(N4CCC4)c3n21. The highest BCUT2D eigenvalue weighted by Gasteiger charge is 2.28. The molecule has 3 aromatic rings. The first-order valence-electron chi connectivity index (χ1n) is 10.3. The monoisotopic (exact) mass is 462 g/mol. The highest BCUT2D eigenvalue weighted by atomic mass is 35.5. The predicted molar refractivity (Wildman–Crippen MR) is 117 cm³/mol. The predicted octanol–water partition coefficient (Wildman–Crippen LogP) is 4.76. The Hall–Kier alpha value is -2.91. The second-order valence-electron chi connectivity index (χ2n) is 7.99. The van der Waals surface area contributed by atoms with Gasteiger partial charge in [-0.25, -0.2) is 4.98 Å². The lowest BCUT2D eigenvalue weighted by molar-refractivity contribution is -0.0964. The molecule has 3 heterocycles. The Morgan fingerprint density at radius 1 is 1.28 bits per heavy atom. The minimum absolute atomic E-state index is 0.107. The molecule has 1 fully saturated rings. The molecule has 1 saturated heterocycles. The summed E-state index contributed by atoms with van der Waals surface area (Å²) < 4.78 is 37.7. The largest absolute Gasteiger partial charge is 0.487 e. The maximum absolute atomic E-state index is 13.0. The van der Waals surface area contributed by atoms with Crippen LogP contribution in [0.5, 0.6) is 5.75 Å². The van der Waals surface area contributed by atoms with Crippen molar-refractivity contribution in [2.75, 3.05) is 29.9 Å². The van der Waals surface area contributed by atoms with Gasteiger partial charge in [-0.15, -0.1) is 8.78 Å². The Morgan fingerprint density at radius 3 is 2.69 bits per heavy atom. The van der Waals surface area contributed by atoms with Crippen LogP contribution < -0.4 is 15.0 Å². The van der Waals surface area contributed by atoms with Crippen LogP contribution in [0.2, 0.25) is 0 Å². The third kappa shape index (κ3) is 3.98. The number of nitrogens with zero attached hydrogens (tertiary/aromatic N) is 3. The summed E-state index contributed by atoms with van der Waals surface area (Å²) >= 11 is 4.78. The van der Waals surface area contributed by atoms with E-state index in [-0.39, 0.29) is 17.7 Å². The Labute approximate surface area is 187 Å². The molecule has 2 aromatic carbocycles. The van der Waals surface area contributed by atoms with Crippen LogP contribution in [-0.4, -0.2) is 40.7 Å². The summed E-state index contributed by atoms with van der Waals surface area (Å²) in [6.45, 7) is 5.01. The van der Waals surface area contributed by atoms with Gasteiger partial charge in [0, 0.05) is 35.9 Å². The molecule has 2 aliphatic rings. The summed E-state index contributed by atoms with van der Waals surface area (Å²) in [6.07, 6.45) is 1.10. The molecule has 168 valence electrons. The minimum atomic E-state index is -3.79. The zero-order valence-corrected chi connectivity index (χ0v) is 18.0. The zero-order valence-electron chi connectivity index (χ0n) is 17.3. The van der Waals surface area contributed by atoms with Gasteiger partial charge in [0.1, 0.15) is 18.2 Å². The first-order valence-corrected chi connectivity index (χ1v) is 10.7. The molecule has 1 N–H and O–H groups in total. The third-order valence-electron chi connectivity index (χ3n) is 5.67. The molecular weight excluding hydrogens is 442 g/mol. The van der Waals surface area contributed by atoms with Crippen LogP contribution in [0.25, 0.3) is 11.0 Å². The van der Waals surface area contributed by atoms with Crippen LogP contribution in [0.15, 0.2) is 36.4 Å². The Morgan fingerprint density at radius 2 is 2.03 bits per heavy atom. The molecule has 0 spiro atoms. The molecule has 10 heteroatoms. The molecule has 5 rings (SSSR count). The van der Waals surface area contributed by atoms with Gasteiger partial charge >= 0.3 is 5.57 Å². The first kappa shape index (κ1) is 21.0. The number of halogens is 3. The average molecular weight is 463 g/mol. The second kappa shape index (κ2) is 7.90. The topological polar surface area (TPSA) is 68.6 Å². The summed E-state index contributed by atoms with van der Waals surface area (Å²) in [5.41, 5.74) is -0.122. The fraction of sp³-hybridized carbons (Fsp3) is 0.364. The van der Waals surface area contributed by atoms with Gasteiger partial charge in [-0.2, -0.15) is 0 Å². The van der Waals surface area contributed by atoms with Crippen LogP contribution in [0, 0.1) is 0 Å². The molecule has 0 unspecified atom stereocenters. The summed E-state index contributed by atoms with van der Waals surface area (Å²) in [5.74, 6) is 0.425. The highest BCUT2D eigenvalue weighted by Crippen LogP contribution is 2.36. The third-order valence-corrected chi connectivity index (χ3v) is 5.75. The number of hydrogen-bond acceptors (Lipinski definition) is 5. The first-order chi connectivity index (χ1) is 15.3. The van der Waals surface area contributed by atoms with E-state index in [4.69, 9.17) is 21.3 Å². The maximum Gasteiger partial charge on any atom is 0.487 e. The number of alkyl halides is 3. The van der Waals surface area contributed by atoms with Crippen LogP contribution in [-0.2, 0) is 11.3 Å². The molecule has 0 radical (unpaired) electrons. The summed E-state index contributed by atoms with van der Waals surface area (Å²) in [6, 6.07) is 9.39. The summed E-state index contributed by atoms with van der Waals surface area (Å²) in [5, 5.41) is 2.79. The van der Waals surface area contributed by atoms with Crippen molar-refractivity contribution in [3.8, 4) is 5.75 Å². The molecule has 2 aliphatic heterocycles. The molecule has 0 bridgehead atoms. The molecule has 0 saturated carbocycles. The number of fused-ring (bicyclic) bond motifs is 3. The van der Waals surface area contributed by atoms with Crippen molar-refractivity contribution >= 4 is 39.9 Å². The normalized spacial score (nSPS) is 18.2. The number of anilines is 2. The molecule has 0 aliphatic carbocycles. The number of imidazole rings is 1. The van der Waals surface area contributed by atoms with E-state index in [1.165, 1.54) is 24.3 Å². The lowest BCUT2D eigenvalue weighted by atomic mass is 10.1. The number of aromatic nitrogens is 2. The minimum Gasteiger partial charge on any atom is -0.420 e. The number of rotatable bonds is 5. The van der Waals surface area contributed by atoms with E-state index in [1.54, 1.807) is 6.07 Å². The van der Waals surface area contributed by atoms with Crippen molar-refractivity contribution in [1.29, 1.82) is 0 Å². The zero-order chi connectivity index (χ0) is 22.5. The number of carbonyl (C=O) groups is 1. The van der Waals surface area contributed by atoms with Crippen LogP contribution in [0.3, 0.4) is 0 Å². The van der Waals surface area contributed by atoms with E-state index >= 15 is 0 Å². The van der Waals surface area contributed by atoms with E-state index in [9.17, 15) is 13.6 Å². The molecule has 1 atom stereocenters. The number of benzene rings is 2. The Bertz CT molecular complexity index is 1170. The quantitative estimate of drug-likeness (QED) is 0.554. The number of hydrogen-bond donors (Lipinski definition) is 1. The van der Waals surface area contributed by atoms with Gasteiger partial charge in [0.05, 0.1) is 29.4 Å². The van der Waals surface area contributed by atoms with Crippen LogP contribution in [0.1, 0.15) is 35.6 Å². The van der Waals surface area contributed by atoms with Gasteiger partial charge in [0.25, 0.3) is 5.91 Å². The second-order valence-corrected chi connectivity index (χ2v) is 8.43. The number of nitrogens with one attached hydrogen (secondary N) is 1. The van der Waals surface area contributed by atoms with Crippen molar-refractivity contribution in [3.05, 3.63) is 47.8 Å². The number of amides is 1. The van der Waals surface area contributed by atoms with Crippen molar-refractivity contribution < 1.29 is 23.0 Å². The van der Waals surface area contributed by atoms with Crippen LogP contribution >= 0.6 is 11.6 Å². The lowest BCUT2D eigenvalue weighted by Crippen LogP contribution is -2.37. The standard InChI is InChI=1S/C22H21ClF2N4O3/c1-13-11-31-12-19-27-17-9-14(10-18(20(17)29(13)19)28-7-2-8-28)21(30)26-15-3-5-16(6-4-15)32-22(23,24)25/h3-6,9-10,13H,2,7-8,11-12H2,1H3,(H,26,30)/t13-/m1/s1. The fourth-order valence-corrected chi connectivity index (χ4v) is 4.19. The maximum atomic E-state index is 13.0. The van der Waals surface area contributed by atoms with Gasteiger partial charge in [-0.1, -0.05) is 0 Å². The fourth-order valence-electron chi connectivity index (χ4n) is 4.10. The van der Waals surface area contributed by atoms with E-state index in [0.29, 0.717) is 24.5 Å². The van der Waals surface area contributed by atoms with Crippen molar-refractivity contribution in [3.63, 3.8) is 0 Å². The van der Waals surface area contributed by atoms with Crippen molar-refractivity contribution in [2.45, 2.75) is 31.6 Å². The van der Waals surface area contributed by atoms with E-state index in [2.05, 4.69) is 26.4 Å². The van der Waals surface area contributed by atoms with Gasteiger partial charge < -0.3 is 24.3 Å². The van der Waals surface area contributed by atoms with Crippen molar-refractivity contribution in [1.82, 2.24) is 9.55 Å². The molecule has 32 heavy (non-hydrogen) atoms. The Kier molecular flexibility index (Phi) is 5.17. The highest BCUT2D eigenvalue weighted by molar-refractivity contribution is 6.20.